The summed E-state index contributed by atoms with van der Waals surface area (Å²) in [7, 11) is 0. The quantitative estimate of drug-likeness (QED) is 0.372. The van der Waals surface area contributed by atoms with Gasteiger partial charge in [-0.1, -0.05) is 0 Å². The summed E-state index contributed by atoms with van der Waals surface area (Å²) in [5, 5.41) is 5.71. The molecule has 0 aliphatic carbocycles. The molecule has 2 heteroatoms. The number of hydrogen-bond acceptors (Lipinski definition) is 0. The van der Waals surface area contributed by atoms with E-state index >= 15 is 0 Å². The second kappa shape index (κ2) is 6.62. The van der Waals surface area contributed by atoms with E-state index in [-0.39, 0.29) is 34.1 Å². The molecular weight excluding hydrogens is 495 g/mol. The molecule has 106 valence electrons. The van der Waals surface area contributed by atoms with Crippen LogP contribution in [0.2, 0.25) is 0 Å². The van der Waals surface area contributed by atoms with E-state index in [1.165, 1.54) is 21.5 Å². The third-order valence-electron chi connectivity index (χ3n) is 3.72. The molecular formula is C20H14Te2. The number of hydrogen-bond donors (Lipinski definition) is 0. The maximum absolute atomic E-state index is 2.35. The van der Waals surface area contributed by atoms with Gasteiger partial charge in [-0.2, -0.15) is 0 Å². The van der Waals surface area contributed by atoms with Gasteiger partial charge in [-0.25, -0.2) is 0 Å². The molecule has 4 aromatic carbocycles. The van der Waals surface area contributed by atoms with Crippen LogP contribution in [0.3, 0.4) is 0 Å². The fraction of sp³-hybridized carbons (Fsp3) is 0. The van der Waals surface area contributed by atoms with Crippen molar-refractivity contribution in [1.82, 2.24) is 0 Å². The van der Waals surface area contributed by atoms with Crippen molar-refractivity contribution in [2.75, 3.05) is 0 Å². The van der Waals surface area contributed by atoms with Crippen LogP contribution in [0.25, 0.3) is 21.5 Å². The fourth-order valence-corrected chi connectivity index (χ4v) is 14.5. The van der Waals surface area contributed by atoms with Crippen LogP contribution >= 0.6 is 0 Å². The minimum absolute atomic E-state index is 0.100. The first kappa shape index (κ1) is 14.6. The van der Waals surface area contributed by atoms with E-state index in [2.05, 4.69) is 84.9 Å². The first-order valence-electron chi connectivity index (χ1n) is 7.22. The van der Waals surface area contributed by atoms with Crippen LogP contribution < -0.4 is 7.22 Å². The molecule has 0 radical (unpaired) electrons. The van der Waals surface area contributed by atoms with Gasteiger partial charge in [-0.3, -0.25) is 0 Å². The summed E-state index contributed by atoms with van der Waals surface area (Å²) in [4.78, 5) is 0. The Kier molecular flexibility index (Phi) is 4.38. The number of fused-ring (bicyclic) bond motifs is 2. The van der Waals surface area contributed by atoms with E-state index in [0.29, 0.717) is 0 Å². The molecule has 0 N–H and O–H groups in total. The van der Waals surface area contributed by atoms with Crippen molar-refractivity contribution in [1.29, 1.82) is 0 Å². The van der Waals surface area contributed by atoms with E-state index < -0.39 is 0 Å². The molecule has 0 atom stereocenters. The van der Waals surface area contributed by atoms with Gasteiger partial charge in [0.05, 0.1) is 0 Å². The van der Waals surface area contributed by atoms with E-state index in [0.717, 1.165) is 0 Å². The predicted octanol–water partition coefficient (Wildman–Crippen LogP) is 3.27. The van der Waals surface area contributed by atoms with Crippen molar-refractivity contribution in [3.63, 3.8) is 0 Å². The summed E-state index contributed by atoms with van der Waals surface area (Å²) >= 11 is -0.201. The Balaban J connectivity index is 1.69. The molecule has 22 heavy (non-hydrogen) atoms. The van der Waals surface area contributed by atoms with E-state index in [1.54, 1.807) is 7.22 Å². The summed E-state index contributed by atoms with van der Waals surface area (Å²) in [6, 6.07) is 31.2. The number of benzene rings is 4. The molecule has 0 nitrogen and oxygen atoms in total. The Hall–Kier alpha value is -1.02. The molecule has 4 rings (SSSR count). The van der Waals surface area contributed by atoms with Crippen molar-refractivity contribution in [2.24, 2.45) is 0 Å². The van der Waals surface area contributed by atoms with Crippen LogP contribution in [-0.2, 0) is 0 Å². The Morgan fingerprint density at radius 2 is 0.818 bits per heavy atom. The Morgan fingerprint density at radius 1 is 0.409 bits per heavy atom. The molecule has 0 fully saturated rings. The molecule has 0 bridgehead atoms. The Morgan fingerprint density at radius 3 is 1.32 bits per heavy atom. The van der Waals surface area contributed by atoms with Gasteiger partial charge in [0.25, 0.3) is 0 Å². The van der Waals surface area contributed by atoms with E-state index in [4.69, 9.17) is 0 Å². The zero-order chi connectivity index (χ0) is 14.8. The second-order valence-electron chi connectivity index (χ2n) is 5.12. The SMILES string of the molecule is c1ccc2c([Te][Te]c3cccc4ccccc34)cccc2c1. The third kappa shape index (κ3) is 2.90. The zero-order valence-electron chi connectivity index (χ0n) is 11.9. The van der Waals surface area contributed by atoms with Gasteiger partial charge in [-0.15, -0.1) is 0 Å². The Labute approximate surface area is 146 Å². The molecule has 0 aliphatic rings. The Bertz CT molecular complexity index is 854. The summed E-state index contributed by atoms with van der Waals surface area (Å²) in [5.74, 6) is 0. The van der Waals surface area contributed by atoms with Gasteiger partial charge in [0.1, 0.15) is 0 Å². The maximum atomic E-state index is 2.35. The minimum atomic E-state index is -0.100. The molecule has 0 spiro atoms. The summed E-state index contributed by atoms with van der Waals surface area (Å²) < 4.78 is 3.25. The van der Waals surface area contributed by atoms with Gasteiger partial charge < -0.3 is 0 Å². The zero-order valence-corrected chi connectivity index (χ0v) is 16.6. The molecule has 0 aliphatic heterocycles. The normalized spacial score (nSPS) is 11.1. The van der Waals surface area contributed by atoms with Gasteiger partial charge >= 0.3 is 148 Å². The second-order valence-corrected chi connectivity index (χ2v) is 15.0. The first-order valence-corrected chi connectivity index (χ1v) is 16.9. The van der Waals surface area contributed by atoms with Gasteiger partial charge in [0.15, 0.2) is 0 Å². The van der Waals surface area contributed by atoms with Crippen molar-refractivity contribution < 1.29 is 0 Å². The summed E-state index contributed by atoms with van der Waals surface area (Å²) in [6.07, 6.45) is 0. The van der Waals surface area contributed by atoms with Gasteiger partial charge in [0, 0.05) is 0 Å². The van der Waals surface area contributed by atoms with Crippen LogP contribution in [0.15, 0.2) is 84.9 Å². The van der Waals surface area contributed by atoms with Crippen molar-refractivity contribution in [2.45, 2.75) is 0 Å². The predicted molar refractivity (Wildman–Crippen MR) is 98.7 cm³/mol. The molecule has 0 heterocycles. The van der Waals surface area contributed by atoms with Crippen LogP contribution in [-0.4, -0.2) is 34.1 Å². The van der Waals surface area contributed by atoms with E-state index in [9.17, 15) is 0 Å². The van der Waals surface area contributed by atoms with Crippen LogP contribution in [0, 0.1) is 0 Å². The average molecular weight is 510 g/mol. The average Bonchev–Trinajstić information content (AvgIpc) is 2.60. The van der Waals surface area contributed by atoms with Crippen LogP contribution in [0.1, 0.15) is 0 Å². The molecule has 0 amide bonds. The van der Waals surface area contributed by atoms with Crippen LogP contribution in [0.5, 0.6) is 0 Å². The topological polar surface area (TPSA) is 0 Å². The fourth-order valence-electron chi connectivity index (χ4n) is 2.63. The number of rotatable bonds is 3. The third-order valence-corrected chi connectivity index (χ3v) is 15.5. The van der Waals surface area contributed by atoms with Gasteiger partial charge in [-0.05, 0) is 0 Å². The first-order chi connectivity index (χ1) is 10.9. The molecule has 0 unspecified atom stereocenters. The molecule has 0 saturated carbocycles. The van der Waals surface area contributed by atoms with E-state index in [1.807, 2.05) is 0 Å². The molecule has 0 aromatic heterocycles. The molecule has 4 aromatic rings. The van der Waals surface area contributed by atoms with Crippen molar-refractivity contribution >= 4 is 62.9 Å². The van der Waals surface area contributed by atoms with Gasteiger partial charge in [0.2, 0.25) is 0 Å². The van der Waals surface area contributed by atoms with Crippen molar-refractivity contribution in [3.8, 4) is 0 Å². The van der Waals surface area contributed by atoms with Crippen molar-refractivity contribution in [3.05, 3.63) is 84.9 Å². The molecule has 0 saturated heterocycles. The van der Waals surface area contributed by atoms with Crippen LogP contribution in [0.4, 0.5) is 0 Å². The monoisotopic (exact) mass is 514 g/mol. The summed E-state index contributed by atoms with van der Waals surface area (Å²) in [5.41, 5.74) is 0. The summed E-state index contributed by atoms with van der Waals surface area (Å²) in [6.45, 7) is 0. The standard InChI is InChI=1S/C20H14Te2/c1-3-11-17-15(7-1)9-5-13-19(17)21-22-20-14-6-10-16-8-2-4-12-18(16)20/h1-14H.